The first kappa shape index (κ1) is 26.3. The lowest BCUT2D eigenvalue weighted by Crippen LogP contribution is -2.41. The Kier molecular flexibility index (Phi) is 11.5. The Morgan fingerprint density at radius 2 is 1.48 bits per heavy atom. The van der Waals surface area contributed by atoms with Gasteiger partial charge in [0, 0.05) is 46.3 Å². The third kappa shape index (κ3) is 9.33. The van der Waals surface area contributed by atoms with E-state index in [0.29, 0.717) is 31.2 Å². The molecule has 168 valence electrons. The van der Waals surface area contributed by atoms with Crippen molar-refractivity contribution in [2.75, 3.05) is 34.2 Å². The number of halogens is 2. The normalized spacial score (nSPS) is 10.6. The van der Waals surface area contributed by atoms with Gasteiger partial charge in [0.1, 0.15) is 5.82 Å². The van der Waals surface area contributed by atoms with Gasteiger partial charge < -0.3 is 20.9 Å². The van der Waals surface area contributed by atoms with Gasteiger partial charge in [-0.15, -0.1) is 24.0 Å². The number of nitrogens with zero attached hydrogens (tertiary/aromatic N) is 2. The summed E-state index contributed by atoms with van der Waals surface area (Å²) in [4.78, 5) is 29.5. The van der Waals surface area contributed by atoms with Crippen LogP contribution in [0.2, 0.25) is 0 Å². The Morgan fingerprint density at radius 1 is 0.903 bits per heavy atom. The van der Waals surface area contributed by atoms with E-state index in [9.17, 15) is 14.0 Å². The molecule has 3 N–H and O–H groups in total. The van der Waals surface area contributed by atoms with Crippen LogP contribution in [0, 0.1) is 5.82 Å². The summed E-state index contributed by atoms with van der Waals surface area (Å²) >= 11 is 0. The lowest BCUT2D eigenvalue weighted by atomic mass is 10.1. The quantitative estimate of drug-likeness (QED) is 0.207. The van der Waals surface area contributed by atoms with Crippen LogP contribution >= 0.6 is 24.0 Å². The molecule has 0 aliphatic carbocycles. The number of hydrogen-bond donors (Lipinski definition) is 3. The van der Waals surface area contributed by atoms with Crippen molar-refractivity contribution in [2.24, 2.45) is 4.99 Å². The molecule has 0 aromatic heterocycles. The number of guanidine groups is 1. The average Bonchev–Trinajstić information content (AvgIpc) is 2.74. The van der Waals surface area contributed by atoms with Gasteiger partial charge >= 0.3 is 0 Å². The fourth-order valence-corrected chi connectivity index (χ4v) is 2.66. The minimum atomic E-state index is -0.319. The van der Waals surface area contributed by atoms with Gasteiger partial charge in [-0.2, -0.15) is 0 Å². The largest absolute Gasteiger partial charge is 0.355 e. The van der Waals surface area contributed by atoms with E-state index in [-0.39, 0.29) is 48.0 Å². The number of hydrogen-bond acceptors (Lipinski definition) is 3. The smallest absolute Gasteiger partial charge is 0.253 e. The first-order chi connectivity index (χ1) is 14.4. The molecule has 0 unspecified atom stereocenters. The van der Waals surface area contributed by atoms with Gasteiger partial charge in [-0.25, -0.2) is 4.39 Å². The summed E-state index contributed by atoms with van der Waals surface area (Å²) in [6.45, 7) is 1.49. The molecular weight excluding hydrogens is 512 g/mol. The average molecular weight is 541 g/mol. The summed E-state index contributed by atoms with van der Waals surface area (Å²) in [5.41, 5.74) is 2.42. The van der Waals surface area contributed by atoms with Crippen molar-refractivity contribution in [2.45, 2.75) is 13.0 Å². The molecule has 7 nitrogen and oxygen atoms in total. The Labute approximate surface area is 199 Å². The topological polar surface area (TPSA) is 85.8 Å². The van der Waals surface area contributed by atoms with Crippen LogP contribution in [0.3, 0.4) is 0 Å². The van der Waals surface area contributed by atoms with Crippen LogP contribution in [0.4, 0.5) is 4.39 Å². The zero-order valence-corrected chi connectivity index (χ0v) is 20.3. The van der Waals surface area contributed by atoms with E-state index in [2.05, 4.69) is 20.9 Å². The molecule has 2 amide bonds. The van der Waals surface area contributed by atoms with Crippen molar-refractivity contribution in [1.82, 2.24) is 20.9 Å². The maximum atomic E-state index is 12.9. The molecular formula is C22H29FIN5O2. The van der Waals surface area contributed by atoms with Crippen LogP contribution in [0.15, 0.2) is 53.5 Å². The van der Waals surface area contributed by atoms with Crippen LogP contribution < -0.4 is 16.0 Å². The highest BCUT2D eigenvalue weighted by Crippen LogP contribution is 2.06. The van der Waals surface area contributed by atoms with Crippen molar-refractivity contribution in [3.63, 3.8) is 0 Å². The highest BCUT2D eigenvalue weighted by atomic mass is 127. The lowest BCUT2D eigenvalue weighted by molar-refractivity contribution is -0.120. The van der Waals surface area contributed by atoms with Crippen LogP contribution in [0.5, 0.6) is 0 Å². The van der Waals surface area contributed by atoms with Gasteiger partial charge in [0.25, 0.3) is 5.91 Å². The third-order valence-corrected chi connectivity index (χ3v) is 4.31. The van der Waals surface area contributed by atoms with Crippen molar-refractivity contribution < 1.29 is 14.0 Å². The predicted octanol–water partition coefficient (Wildman–Crippen LogP) is 2.17. The summed E-state index contributed by atoms with van der Waals surface area (Å²) in [6, 6.07) is 13.3. The van der Waals surface area contributed by atoms with Crippen LogP contribution in [0.25, 0.3) is 0 Å². The summed E-state index contributed by atoms with van der Waals surface area (Å²) in [7, 11) is 5.11. The van der Waals surface area contributed by atoms with Crippen molar-refractivity contribution in [1.29, 1.82) is 0 Å². The van der Waals surface area contributed by atoms with E-state index in [1.54, 1.807) is 45.4 Å². The maximum Gasteiger partial charge on any atom is 0.253 e. The minimum absolute atomic E-state index is 0. The SMILES string of the molecule is CN=C(NCCNC(=O)Cc1ccc(F)cc1)NCc1ccc(C(=O)N(C)C)cc1.I. The molecule has 2 aromatic rings. The molecule has 0 saturated carbocycles. The summed E-state index contributed by atoms with van der Waals surface area (Å²) in [5.74, 6) is 0.128. The molecule has 0 heterocycles. The number of nitrogens with one attached hydrogen (secondary N) is 3. The van der Waals surface area contributed by atoms with E-state index in [4.69, 9.17) is 0 Å². The van der Waals surface area contributed by atoms with Crippen LogP contribution in [0.1, 0.15) is 21.5 Å². The summed E-state index contributed by atoms with van der Waals surface area (Å²) in [6.07, 6.45) is 0.208. The number of aliphatic imine (C=N–C) groups is 1. The zero-order valence-electron chi connectivity index (χ0n) is 17.9. The molecule has 0 bridgehead atoms. The first-order valence-corrected chi connectivity index (χ1v) is 9.65. The molecule has 0 radical (unpaired) electrons. The summed E-state index contributed by atoms with van der Waals surface area (Å²) < 4.78 is 12.9. The summed E-state index contributed by atoms with van der Waals surface area (Å²) in [5, 5.41) is 9.12. The van der Waals surface area contributed by atoms with Gasteiger partial charge in [-0.1, -0.05) is 24.3 Å². The van der Waals surface area contributed by atoms with Gasteiger partial charge in [0.15, 0.2) is 5.96 Å². The fourth-order valence-electron chi connectivity index (χ4n) is 2.66. The molecule has 2 aromatic carbocycles. The predicted molar refractivity (Wildman–Crippen MR) is 131 cm³/mol. The van der Waals surface area contributed by atoms with E-state index >= 15 is 0 Å². The number of benzene rings is 2. The molecule has 0 atom stereocenters. The van der Waals surface area contributed by atoms with Crippen LogP contribution in [-0.4, -0.2) is 56.9 Å². The van der Waals surface area contributed by atoms with Crippen LogP contribution in [-0.2, 0) is 17.8 Å². The van der Waals surface area contributed by atoms with Crippen molar-refractivity contribution in [3.8, 4) is 0 Å². The Bertz CT molecular complexity index is 870. The van der Waals surface area contributed by atoms with E-state index in [1.165, 1.54) is 17.0 Å². The number of amides is 2. The van der Waals surface area contributed by atoms with Gasteiger partial charge in [0.2, 0.25) is 5.91 Å². The molecule has 0 saturated heterocycles. The van der Waals surface area contributed by atoms with Gasteiger partial charge in [-0.3, -0.25) is 14.6 Å². The zero-order chi connectivity index (χ0) is 21.9. The highest BCUT2D eigenvalue weighted by Gasteiger charge is 2.07. The van der Waals surface area contributed by atoms with Gasteiger partial charge in [-0.05, 0) is 35.4 Å². The molecule has 0 aliphatic heterocycles. The third-order valence-electron chi connectivity index (χ3n) is 4.31. The second-order valence-corrected chi connectivity index (χ2v) is 6.90. The number of rotatable bonds is 8. The fraction of sp³-hybridized carbons (Fsp3) is 0.318. The Balaban J connectivity index is 0.00000480. The van der Waals surface area contributed by atoms with Gasteiger partial charge in [0.05, 0.1) is 6.42 Å². The molecule has 31 heavy (non-hydrogen) atoms. The molecule has 0 spiro atoms. The van der Waals surface area contributed by atoms with Crippen molar-refractivity contribution >= 4 is 41.8 Å². The molecule has 0 aliphatic rings. The van der Waals surface area contributed by atoms with E-state index in [1.807, 2.05) is 12.1 Å². The number of carbonyl (C=O) groups excluding carboxylic acids is 2. The highest BCUT2D eigenvalue weighted by molar-refractivity contribution is 14.0. The Hall–Kier alpha value is -2.69. The monoisotopic (exact) mass is 541 g/mol. The molecule has 0 fully saturated rings. The first-order valence-electron chi connectivity index (χ1n) is 9.65. The van der Waals surface area contributed by atoms with E-state index < -0.39 is 0 Å². The Morgan fingerprint density at radius 3 is 2.06 bits per heavy atom. The standard InChI is InChI=1S/C22H28FN5O2.HI/c1-24-22(27-15-17-4-8-18(9-5-17)21(30)28(2)3)26-13-12-25-20(29)14-16-6-10-19(23)11-7-16;/h4-11H,12-15H2,1-3H3,(H,25,29)(H2,24,26,27);1H. The molecule has 9 heteroatoms. The second kappa shape index (κ2) is 13.6. The maximum absolute atomic E-state index is 12.9. The minimum Gasteiger partial charge on any atom is -0.355 e. The lowest BCUT2D eigenvalue weighted by Gasteiger charge is -2.13. The van der Waals surface area contributed by atoms with E-state index in [0.717, 1.165) is 11.1 Å². The number of carbonyl (C=O) groups is 2. The second-order valence-electron chi connectivity index (χ2n) is 6.90. The molecule has 2 rings (SSSR count). The van der Waals surface area contributed by atoms with Crippen molar-refractivity contribution in [3.05, 3.63) is 71.0 Å².